The van der Waals surface area contributed by atoms with E-state index in [1.807, 2.05) is 0 Å². The molecule has 0 saturated carbocycles. The summed E-state index contributed by atoms with van der Waals surface area (Å²) in [6, 6.07) is -1.54. The predicted octanol–water partition coefficient (Wildman–Crippen LogP) is -5.99. The summed E-state index contributed by atoms with van der Waals surface area (Å²) in [5, 5.41) is 85.5. The van der Waals surface area contributed by atoms with E-state index in [0.717, 1.165) is 0 Å². The summed E-state index contributed by atoms with van der Waals surface area (Å²) >= 11 is 0. The van der Waals surface area contributed by atoms with Crippen LogP contribution in [0.15, 0.2) is 0 Å². The summed E-state index contributed by atoms with van der Waals surface area (Å²) in [4.78, 5) is 0. The van der Waals surface area contributed by atoms with Gasteiger partial charge in [0.05, 0.1) is 19.3 Å². The second-order valence-electron chi connectivity index (χ2n) is 5.59. The summed E-state index contributed by atoms with van der Waals surface area (Å²) in [5.74, 6) is 0. The van der Waals surface area contributed by atoms with Gasteiger partial charge in [0.15, 0.2) is 0 Å². The molecule has 1 fully saturated rings. The Balaban J connectivity index is 0.00000529. The summed E-state index contributed by atoms with van der Waals surface area (Å²) in [6.45, 7) is -1.57. The maximum absolute atomic E-state index is 9.96. The van der Waals surface area contributed by atoms with Crippen molar-refractivity contribution in [2.75, 3.05) is 13.2 Å². The van der Waals surface area contributed by atoms with Crippen molar-refractivity contribution in [3.63, 3.8) is 0 Å². The van der Waals surface area contributed by atoms with E-state index in [0.29, 0.717) is 0 Å². The molecule has 1 heterocycles. The lowest BCUT2D eigenvalue weighted by atomic mass is 9.87. The third kappa shape index (κ3) is 4.94. The number of nitrogens with two attached hydrogens (primary N) is 1. The lowest BCUT2D eigenvalue weighted by Crippen LogP contribution is -2.66. The summed E-state index contributed by atoms with van der Waals surface area (Å²) in [5.41, 5.74) is 5.66. The standard InChI is InChI=1S/C12H25NO10.ClH/c13-5(8(19)9(20)6(17)3(16)1-14)12-11(22)10(21)7(18)4(2-15)23-12;/h3-12,14-22H,1-2,13H2;1H/t3-,4-,5?,6-,7+,8+,9+,10+,11-,12?;/m1./s1. The van der Waals surface area contributed by atoms with Crippen LogP contribution in [0.1, 0.15) is 0 Å². The van der Waals surface area contributed by atoms with Gasteiger partial charge in [-0.2, -0.15) is 0 Å². The van der Waals surface area contributed by atoms with E-state index >= 15 is 0 Å². The number of halogens is 1. The molecule has 0 spiro atoms. The van der Waals surface area contributed by atoms with Gasteiger partial charge in [-0.05, 0) is 0 Å². The highest BCUT2D eigenvalue weighted by Crippen LogP contribution is 2.24. The van der Waals surface area contributed by atoms with Crippen molar-refractivity contribution in [1.29, 1.82) is 0 Å². The molecule has 0 bridgehead atoms. The molecule has 0 aromatic carbocycles. The third-order valence-corrected chi connectivity index (χ3v) is 3.98. The van der Waals surface area contributed by atoms with Gasteiger partial charge in [-0.15, -0.1) is 12.4 Å². The minimum absolute atomic E-state index is 0. The molecule has 10 atom stereocenters. The molecular formula is C12H26ClNO10. The molecule has 1 aliphatic heterocycles. The van der Waals surface area contributed by atoms with E-state index in [9.17, 15) is 35.7 Å². The highest BCUT2D eigenvalue weighted by atomic mass is 35.5. The van der Waals surface area contributed by atoms with Gasteiger partial charge < -0.3 is 56.4 Å². The van der Waals surface area contributed by atoms with Crippen LogP contribution in [-0.2, 0) is 4.74 Å². The first kappa shape index (κ1) is 23.9. The Hall–Kier alpha value is -0.150. The van der Waals surface area contributed by atoms with Crippen LogP contribution < -0.4 is 5.73 Å². The predicted molar refractivity (Wildman–Crippen MR) is 80.1 cm³/mol. The Labute approximate surface area is 144 Å². The summed E-state index contributed by atoms with van der Waals surface area (Å²) in [6.07, 6.45) is -15.3. The lowest BCUT2D eigenvalue weighted by Gasteiger charge is -2.44. The van der Waals surface area contributed by atoms with Crippen molar-refractivity contribution >= 4 is 12.4 Å². The number of aliphatic hydroxyl groups excluding tert-OH is 9. The van der Waals surface area contributed by atoms with E-state index < -0.39 is 74.2 Å². The SMILES string of the molecule is Cl.NC(C1O[C@H](CO)[C@H](O)[C@H](O)[C@H]1O)[C@H](O)[C@@H](O)[C@H](O)[C@H](O)CO. The fourth-order valence-corrected chi connectivity index (χ4v) is 2.41. The van der Waals surface area contributed by atoms with Crippen LogP contribution in [0.3, 0.4) is 0 Å². The Kier molecular flexibility index (Phi) is 10.0. The number of aliphatic hydroxyl groups is 9. The molecule has 24 heavy (non-hydrogen) atoms. The summed E-state index contributed by atoms with van der Waals surface area (Å²) in [7, 11) is 0. The monoisotopic (exact) mass is 379 g/mol. The van der Waals surface area contributed by atoms with Gasteiger partial charge >= 0.3 is 0 Å². The Morgan fingerprint density at radius 3 is 1.83 bits per heavy atom. The highest BCUT2D eigenvalue weighted by Gasteiger charge is 2.48. The molecule has 0 aliphatic carbocycles. The quantitative estimate of drug-likeness (QED) is 0.201. The van der Waals surface area contributed by atoms with E-state index in [1.54, 1.807) is 0 Å². The van der Waals surface area contributed by atoms with E-state index in [1.165, 1.54) is 0 Å². The van der Waals surface area contributed by atoms with Crippen molar-refractivity contribution in [2.24, 2.45) is 5.73 Å². The molecule has 11 N–H and O–H groups in total. The van der Waals surface area contributed by atoms with Gasteiger partial charge in [0, 0.05) is 0 Å². The van der Waals surface area contributed by atoms with Crippen molar-refractivity contribution in [1.82, 2.24) is 0 Å². The minimum atomic E-state index is -1.99. The summed E-state index contributed by atoms with van der Waals surface area (Å²) < 4.78 is 5.13. The Morgan fingerprint density at radius 1 is 0.833 bits per heavy atom. The molecule has 0 aromatic heterocycles. The van der Waals surface area contributed by atoms with Gasteiger partial charge in [0.1, 0.15) is 54.9 Å². The van der Waals surface area contributed by atoms with Crippen LogP contribution in [0, 0.1) is 0 Å². The molecule has 2 unspecified atom stereocenters. The largest absolute Gasteiger partial charge is 0.394 e. The van der Waals surface area contributed by atoms with E-state index in [4.69, 9.17) is 20.7 Å². The van der Waals surface area contributed by atoms with Crippen molar-refractivity contribution in [2.45, 2.75) is 61.0 Å². The van der Waals surface area contributed by atoms with Gasteiger partial charge in [-0.1, -0.05) is 0 Å². The Bertz CT molecular complexity index is 365. The van der Waals surface area contributed by atoms with Crippen molar-refractivity contribution < 1.29 is 50.7 Å². The van der Waals surface area contributed by atoms with Gasteiger partial charge in [0.25, 0.3) is 0 Å². The minimum Gasteiger partial charge on any atom is -0.394 e. The number of hydrogen-bond acceptors (Lipinski definition) is 11. The van der Waals surface area contributed by atoms with E-state index in [2.05, 4.69) is 0 Å². The maximum Gasteiger partial charge on any atom is 0.111 e. The zero-order valence-electron chi connectivity index (χ0n) is 12.6. The maximum atomic E-state index is 9.96. The molecule has 1 aliphatic rings. The lowest BCUT2D eigenvalue weighted by molar-refractivity contribution is -0.242. The average molecular weight is 380 g/mol. The fraction of sp³-hybridized carbons (Fsp3) is 1.00. The second-order valence-corrected chi connectivity index (χ2v) is 5.59. The van der Waals surface area contributed by atoms with Crippen LogP contribution in [0.25, 0.3) is 0 Å². The fourth-order valence-electron chi connectivity index (χ4n) is 2.41. The Morgan fingerprint density at radius 2 is 1.38 bits per heavy atom. The second kappa shape index (κ2) is 10.1. The molecule has 146 valence electrons. The molecule has 12 heteroatoms. The molecule has 0 amide bonds. The normalized spacial score (nSPS) is 37.0. The first-order valence-electron chi connectivity index (χ1n) is 7.06. The average Bonchev–Trinajstić information content (AvgIpc) is 2.56. The van der Waals surface area contributed by atoms with Crippen LogP contribution >= 0.6 is 12.4 Å². The van der Waals surface area contributed by atoms with Crippen LogP contribution in [-0.4, -0.2) is 120 Å². The first-order chi connectivity index (χ1) is 10.7. The molecule has 1 saturated heterocycles. The zero-order valence-corrected chi connectivity index (χ0v) is 13.4. The van der Waals surface area contributed by atoms with Crippen molar-refractivity contribution in [3.8, 4) is 0 Å². The topological polar surface area (TPSA) is 217 Å². The van der Waals surface area contributed by atoms with Crippen LogP contribution in [0.2, 0.25) is 0 Å². The zero-order chi connectivity index (χ0) is 17.9. The molecule has 11 nitrogen and oxygen atoms in total. The smallest absolute Gasteiger partial charge is 0.111 e. The van der Waals surface area contributed by atoms with Crippen LogP contribution in [0.5, 0.6) is 0 Å². The first-order valence-corrected chi connectivity index (χ1v) is 7.06. The number of ether oxygens (including phenoxy) is 1. The van der Waals surface area contributed by atoms with Gasteiger partial charge in [-0.3, -0.25) is 0 Å². The number of rotatable bonds is 7. The van der Waals surface area contributed by atoms with Crippen molar-refractivity contribution in [3.05, 3.63) is 0 Å². The highest BCUT2D eigenvalue weighted by molar-refractivity contribution is 5.85. The molecule has 1 rings (SSSR count). The molecule has 0 aromatic rings. The van der Waals surface area contributed by atoms with Gasteiger partial charge in [0.2, 0.25) is 0 Å². The molecule has 0 radical (unpaired) electrons. The molecular weight excluding hydrogens is 354 g/mol. The number of hydrogen-bond donors (Lipinski definition) is 10. The van der Waals surface area contributed by atoms with Gasteiger partial charge in [-0.25, -0.2) is 0 Å². The van der Waals surface area contributed by atoms with Crippen LogP contribution in [0.4, 0.5) is 0 Å². The third-order valence-electron chi connectivity index (χ3n) is 3.98. The van der Waals surface area contributed by atoms with E-state index in [-0.39, 0.29) is 12.4 Å².